The van der Waals surface area contributed by atoms with Gasteiger partial charge in [0.15, 0.2) is 5.65 Å². The van der Waals surface area contributed by atoms with Gasteiger partial charge in [0.1, 0.15) is 17.1 Å². The minimum Gasteiger partial charge on any atom is -0.497 e. The summed E-state index contributed by atoms with van der Waals surface area (Å²) in [4.78, 5) is 14.0. The van der Waals surface area contributed by atoms with Crippen molar-refractivity contribution in [2.45, 2.75) is 37.8 Å². The van der Waals surface area contributed by atoms with Gasteiger partial charge in [-0.1, -0.05) is 12.1 Å². The van der Waals surface area contributed by atoms with Gasteiger partial charge < -0.3 is 20.7 Å². The van der Waals surface area contributed by atoms with Gasteiger partial charge in [-0.3, -0.25) is 4.57 Å². The number of para-hydroxylation sites is 1. The fourth-order valence-electron chi connectivity index (χ4n) is 4.49. The van der Waals surface area contributed by atoms with Gasteiger partial charge in [-0.15, -0.1) is 0 Å². The van der Waals surface area contributed by atoms with Crippen molar-refractivity contribution in [3.63, 3.8) is 0 Å². The summed E-state index contributed by atoms with van der Waals surface area (Å²) in [6, 6.07) is 14.9. The summed E-state index contributed by atoms with van der Waals surface area (Å²) in [5, 5.41) is 9.82. The van der Waals surface area contributed by atoms with E-state index in [-0.39, 0.29) is 11.9 Å². The molecular formula is C25H28FN7O. The van der Waals surface area contributed by atoms with Crippen LogP contribution in [0.5, 0.6) is 5.75 Å². The predicted molar refractivity (Wildman–Crippen MR) is 132 cm³/mol. The van der Waals surface area contributed by atoms with Gasteiger partial charge >= 0.3 is 0 Å². The number of methoxy groups -OCH3 is 1. The summed E-state index contributed by atoms with van der Waals surface area (Å²) in [5.41, 5.74) is 2.62. The van der Waals surface area contributed by atoms with Gasteiger partial charge in [-0.25, -0.2) is 14.4 Å². The molecule has 0 aliphatic heterocycles. The molecule has 1 fully saturated rings. The van der Waals surface area contributed by atoms with E-state index >= 15 is 0 Å². The van der Waals surface area contributed by atoms with Gasteiger partial charge in [0, 0.05) is 17.8 Å². The maximum atomic E-state index is 14.4. The number of imidazole rings is 1. The molecule has 2 aromatic carbocycles. The second-order valence-electron chi connectivity index (χ2n) is 8.46. The Labute approximate surface area is 197 Å². The van der Waals surface area contributed by atoms with Crippen LogP contribution in [0.2, 0.25) is 0 Å². The first-order valence-corrected chi connectivity index (χ1v) is 11.5. The van der Waals surface area contributed by atoms with E-state index in [9.17, 15) is 4.39 Å². The maximum absolute atomic E-state index is 14.4. The van der Waals surface area contributed by atoms with Gasteiger partial charge in [0.05, 0.1) is 19.0 Å². The average molecular weight is 462 g/mol. The highest BCUT2D eigenvalue weighted by Crippen LogP contribution is 2.35. The summed E-state index contributed by atoms with van der Waals surface area (Å²) in [6.07, 6.45) is 5.78. The number of anilines is 4. The summed E-state index contributed by atoms with van der Waals surface area (Å²) in [6.45, 7) is 0. The smallest absolute Gasteiger partial charge is 0.229 e. The molecule has 3 N–H and O–H groups in total. The molecule has 2 heterocycles. The number of halogens is 1. The number of aromatic nitrogens is 4. The van der Waals surface area contributed by atoms with E-state index in [2.05, 4.69) is 25.5 Å². The van der Waals surface area contributed by atoms with E-state index in [1.54, 1.807) is 31.5 Å². The Morgan fingerprint density at radius 1 is 0.971 bits per heavy atom. The summed E-state index contributed by atoms with van der Waals surface area (Å²) in [7, 11) is 3.64. The molecule has 0 saturated heterocycles. The average Bonchev–Trinajstić information content (AvgIpc) is 3.23. The van der Waals surface area contributed by atoms with E-state index in [4.69, 9.17) is 14.7 Å². The van der Waals surface area contributed by atoms with Gasteiger partial charge in [-0.05, 0) is 69.1 Å². The number of rotatable bonds is 7. The van der Waals surface area contributed by atoms with Crippen LogP contribution in [0.3, 0.4) is 0 Å². The molecule has 2 aromatic heterocycles. The van der Waals surface area contributed by atoms with Crippen molar-refractivity contribution < 1.29 is 9.13 Å². The van der Waals surface area contributed by atoms with Crippen molar-refractivity contribution in [1.29, 1.82) is 0 Å². The second kappa shape index (κ2) is 9.64. The van der Waals surface area contributed by atoms with Crippen molar-refractivity contribution in [3.05, 3.63) is 60.5 Å². The maximum Gasteiger partial charge on any atom is 0.229 e. The number of nitrogens with one attached hydrogen (secondary N) is 3. The lowest BCUT2D eigenvalue weighted by molar-refractivity contribution is 0.306. The lowest BCUT2D eigenvalue weighted by Crippen LogP contribution is -2.31. The predicted octanol–water partition coefficient (Wildman–Crippen LogP) is 5.16. The lowest BCUT2D eigenvalue weighted by atomic mass is 9.91. The third-order valence-electron chi connectivity index (χ3n) is 6.37. The molecular weight excluding hydrogens is 433 g/mol. The van der Waals surface area contributed by atoms with Crippen LogP contribution in [0.15, 0.2) is 54.7 Å². The SMILES string of the molecule is CN[C@H]1CC[C@H](n2c(Nc3ccccc3F)nc3cnc(Nc4ccc(OC)cc4)nc32)CC1. The highest BCUT2D eigenvalue weighted by atomic mass is 19.1. The standard InChI is InChI=1S/C25H28FN7O/c1-27-16-7-11-18(12-8-16)33-23-22(31-25(33)30-21-6-4-3-5-20(21)26)15-28-24(32-23)29-17-9-13-19(34-2)14-10-17/h3-6,9-10,13-16,18,27H,7-8,11-12H2,1-2H3,(H,30,31)(H,28,29,32)/t16-,18-. The van der Waals surface area contributed by atoms with Crippen LogP contribution in [0.25, 0.3) is 11.2 Å². The van der Waals surface area contributed by atoms with Crippen LogP contribution in [0.1, 0.15) is 31.7 Å². The Balaban J connectivity index is 1.51. The number of benzene rings is 2. The quantitative estimate of drug-likeness (QED) is 0.350. The van der Waals surface area contributed by atoms with Crippen LogP contribution >= 0.6 is 0 Å². The Hall–Kier alpha value is -3.72. The largest absolute Gasteiger partial charge is 0.497 e. The zero-order chi connectivity index (χ0) is 23.5. The highest BCUT2D eigenvalue weighted by Gasteiger charge is 2.26. The molecule has 0 spiro atoms. The van der Waals surface area contributed by atoms with Gasteiger partial charge in [0.2, 0.25) is 11.9 Å². The first-order chi connectivity index (χ1) is 16.6. The third kappa shape index (κ3) is 4.51. The van der Waals surface area contributed by atoms with Crippen molar-refractivity contribution >= 4 is 34.4 Å². The Bertz CT molecular complexity index is 1270. The molecule has 0 bridgehead atoms. The second-order valence-corrected chi connectivity index (χ2v) is 8.46. The van der Waals surface area contributed by atoms with Crippen LogP contribution in [0.4, 0.5) is 27.7 Å². The fraction of sp³-hybridized carbons (Fsp3) is 0.320. The molecule has 1 aliphatic carbocycles. The van der Waals surface area contributed by atoms with Gasteiger partial charge in [-0.2, -0.15) is 4.98 Å². The topological polar surface area (TPSA) is 88.9 Å². The van der Waals surface area contributed by atoms with E-state index in [0.717, 1.165) is 42.8 Å². The lowest BCUT2D eigenvalue weighted by Gasteiger charge is -2.30. The third-order valence-corrected chi connectivity index (χ3v) is 6.37. The molecule has 9 heteroatoms. The molecule has 5 rings (SSSR count). The van der Waals surface area contributed by atoms with E-state index < -0.39 is 0 Å². The molecule has 0 atom stereocenters. The zero-order valence-corrected chi connectivity index (χ0v) is 19.3. The summed E-state index contributed by atoms with van der Waals surface area (Å²) >= 11 is 0. The van der Waals surface area contributed by atoms with Crippen LogP contribution in [-0.4, -0.2) is 39.7 Å². The van der Waals surface area contributed by atoms with Crippen LogP contribution in [0, 0.1) is 5.82 Å². The fourth-order valence-corrected chi connectivity index (χ4v) is 4.49. The van der Waals surface area contributed by atoms with Crippen molar-refractivity contribution in [1.82, 2.24) is 24.8 Å². The van der Waals surface area contributed by atoms with Crippen LogP contribution < -0.4 is 20.7 Å². The van der Waals surface area contributed by atoms with Crippen molar-refractivity contribution in [3.8, 4) is 5.75 Å². The van der Waals surface area contributed by atoms with Crippen molar-refractivity contribution in [2.75, 3.05) is 24.8 Å². The number of hydrogen-bond acceptors (Lipinski definition) is 7. The molecule has 4 aromatic rings. The first kappa shape index (κ1) is 22.1. The normalized spacial score (nSPS) is 18.1. The molecule has 1 aliphatic rings. The molecule has 8 nitrogen and oxygen atoms in total. The Morgan fingerprint density at radius 2 is 1.74 bits per heavy atom. The molecule has 0 amide bonds. The molecule has 0 unspecified atom stereocenters. The van der Waals surface area contributed by atoms with Crippen LogP contribution in [-0.2, 0) is 0 Å². The van der Waals surface area contributed by atoms with E-state index in [1.807, 2.05) is 31.3 Å². The molecule has 1 saturated carbocycles. The van der Waals surface area contributed by atoms with Crippen molar-refractivity contribution in [2.24, 2.45) is 0 Å². The summed E-state index contributed by atoms with van der Waals surface area (Å²) < 4.78 is 21.7. The van der Waals surface area contributed by atoms with Gasteiger partial charge in [0.25, 0.3) is 0 Å². The number of ether oxygens (including phenoxy) is 1. The Kier molecular flexibility index (Phi) is 6.27. The molecule has 176 valence electrons. The first-order valence-electron chi connectivity index (χ1n) is 11.5. The molecule has 34 heavy (non-hydrogen) atoms. The highest BCUT2D eigenvalue weighted by molar-refractivity contribution is 5.77. The van der Waals surface area contributed by atoms with E-state index in [1.165, 1.54) is 6.07 Å². The summed E-state index contributed by atoms with van der Waals surface area (Å²) in [5.74, 6) is 1.50. The number of fused-ring (bicyclic) bond motifs is 1. The molecule has 0 radical (unpaired) electrons. The zero-order valence-electron chi connectivity index (χ0n) is 19.3. The van der Waals surface area contributed by atoms with E-state index in [0.29, 0.717) is 29.1 Å². The minimum absolute atomic E-state index is 0.201. The number of nitrogens with zero attached hydrogens (tertiary/aromatic N) is 4. The Morgan fingerprint density at radius 3 is 2.44 bits per heavy atom. The monoisotopic (exact) mass is 461 g/mol. The minimum atomic E-state index is -0.326. The number of hydrogen-bond donors (Lipinski definition) is 3.